The average molecular weight is 593 g/mol. The lowest BCUT2D eigenvalue weighted by Crippen LogP contribution is -2.47. The van der Waals surface area contributed by atoms with Crippen LogP contribution in [0.25, 0.3) is 11.1 Å². The van der Waals surface area contributed by atoms with Gasteiger partial charge >= 0.3 is 0 Å². The van der Waals surface area contributed by atoms with E-state index in [1.807, 2.05) is 12.1 Å². The summed E-state index contributed by atoms with van der Waals surface area (Å²) in [5.74, 6) is -1.31. The van der Waals surface area contributed by atoms with Gasteiger partial charge in [0.1, 0.15) is 5.75 Å². The summed E-state index contributed by atoms with van der Waals surface area (Å²) >= 11 is 0. The predicted octanol–water partition coefficient (Wildman–Crippen LogP) is 2.22. The number of hydrogen-bond acceptors (Lipinski definition) is 7. The normalized spacial score (nSPS) is 19.7. The smallest absolute Gasteiger partial charge is 0.251 e. The first-order valence-corrected chi connectivity index (χ1v) is 15.1. The molecule has 0 radical (unpaired) electrons. The number of ether oxygens (including phenoxy) is 2. The Morgan fingerprint density at radius 1 is 0.837 bits per heavy atom. The van der Waals surface area contributed by atoms with Crippen LogP contribution in [0.3, 0.4) is 0 Å². The Morgan fingerprint density at radius 3 is 2.33 bits per heavy atom. The van der Waals surface area contributed by atoms with E-state index in [0.29, 0.717) is 89.2 Å². The number of phenols is 1. The fourth-order valence-corrected chi connectivity index (χ4v) is 5.81. The molecule has 3 N–H and O–H groups in total. The van der Waals surface area contributed by atoms with Crippen molar-refractivity contribution in [2.75, 3.05) is 52.5 Å². The molecule has 11 nitrogen and oxygen atoms in total. The summed E-state index contributed by atoms with van der Waals surface area (Å²) in [7, 11) is 0. The van der Waals surface area contributed by atoms with Crippen molar-refractivity contribution in [3.63, 3.8) is 0 Å². The summed E-state index contributed by atoms with van der Waals surface area (Å²) in [6.07, 6.45) is 3.04. The van der Waals surface area contributed by atoms with E-state index in [-0.39, 0.29) is 48.8 Å². The molecule has 4 amide bonds. The van der Waals surface area contributed by atoms with Crippen molar-refractivity contribution < 1.29 is 33.8 Å². The van der Waals surface area contributed by atoms with Gasteiger partial charge in [-0.25, -0.2) is 0 Å². The summed E-state index contributed by atoms with van der Waals surface area (Å²) < 4.78 is 11.5. The first-order chi connectivity index (χ1) is 20.8. The number of rotatable bonds is 3. The molecule has 0 aliphatic carbocycles. The Labute approximate surface area is 251 Å². The number of nitrogens with zero attached hydrogens (tertiary/aromatic N) is 2. The first-order valence-electron chi connectivity index (χ1n) is 15.1. The molecule has 11 heteroatoms. The fraction of sp³-hybridized carbons (Fsp3) is 0.500. The third-order valence-electron chi connectivity index (χ3n) is 8.30. The molecule has 2 aromatic rings. The van der Waals surface area contributed by atoms with E-state index in [1.165, 1.54) is 4.90 Å². The highest BCUT2D eigenvalue weighted by Crippen LogP contribution is 2.32. The standard InChI is InChI=1S/C32H40N4O7/c37-27-7-6-23-10-14-33-28(38)22-36(15-2-1-13-34-31(41)25-5-3-4-24(21-25)26(27)20-23)30(40)9-8-29(39)35-16-11-32(12-17-35)42-18-19-43-32/h3-7,20-21,37H,1-2,8-19,22H2,(H,33,38)(H,34,41). The van der Waals surface area contributed by atoms with E-state index in [2.05, 4.69) is 10.6 Å². The summed E-state index contributed by atoms with van der Waals surface area (Å²) in [5.41, 5.74) is 2.73. The third-order valence-corrected chi connectivity index (χ3v) is 8.30. The molecule has 3 heterocycles. The molecule has 0 saturated carbocycles. The van der Waals surface area contributed by atoms with Crippen molar-refractivity contribution in [3.8, 4) is 16.9 Å². The van der Waals surface area contributed by atoms with E-state index >= 15 is 0 Å². The molecule has 2 saturated heterocycles. The van der Waals surface area contributed by atoms with Gasteiger partial charge in [0, 0.05) is 69.5 Å². The van der Waals surface area contributed by atoms with E-state index in [4.69, 9.17) is 9.47 Å². The molecule has 2 fully saturated rings. The second-order valence-corrected chi connectivity index (χ2v) is 11.3. The van der Waals surface area contributed by atoms with Crippen LogP contribution in [0.4, 0.5) is 0 Å². The number of nitrogens with one attached hydrogen (secondary N) is 2. The van der Waals surface area contributed by atoms with Gasteiger partial charge in [-0.1, -0.05) is 18.2 Å². The van der Waals surface area contributed by atoms with E-state index in [1.54, 1.807) is 35.2 Å². The highest BCUT2D eigenvalue weighted by molar-refractivity contribution is 5.95. The Bertz CT molecular complexity index is 1330. The lowest BCUT2D eigenvalue weighted by molar-refractivity contribution is -0.187. The largest absolute Gasteiger partial charge is 0.507 e. The molecular formula is C32H40N4O7. The number of benzene rings is 2. The van der Waals surface area contributed by atoms with Crippen LogP contribution >= 0.6 is 0 Å². The summed E-state index contributed by atoms with van der Waals surface area (Å²) in [6, 6.07) is 12.4. The first kappa shape index (κ1) is 30.5. The maximum atomic E-state index is 13.2. The maximum Gasteiger partial charge on any atom is 0.251 e. The molecule has 3 aliphatic rings. The zero-order valence-corrected chi connectivity index (χ0v) is 24.4. The Morgan fingerprint density at radius 2 is 1.56 bits per heavy atom. The highest BCUT2D eigenvalue weighted by atomic mass is 16.7. The van der Waals surface area contributed by atoms with Crippen molar-refractivity contribution in [3.05, 3.63) is 53.6 Å². The number of piperidine rings is 1. The number of amides is 4. The monoisotopic (exact) mass is 592 g/mol. The van der Waals surface area contributed by atoms with Crippen LogP contribution < -0.4 is 10.6 Å². The Balaban J connectivity index is 1.19. The summed E-state index contributed by atoms with van der Waals surface area (Å²) in [5, 5.41) is 16.3. The zero-order valence-electron chi connectivity index (χ0n) is 24.4. The van der Waals surface area contributed by atoms with Gasteiger partial charge in [-0.15, -0.1) is 0 Å². The molecule has 0 unspecified atom stereocenters. The third kappa shape index (κ3) is 7.91. The maximum absolute atomic E-state index is 13.2. The predicted molar refractivity (Wildman–Crippen MR) is 158 cm³/mol. The molecular weight excluding hydrogens is 552 g/mol. The van der Waals surface area contributed by atoms with Crippen molar-refractivity contribution >= 4 is 23.6 Å². The number of fused-ring (bicyclic) bond motifs is 5. The van der Waals surface area contributed by atoms with Crippen LogP contribution in [-0.2, 0) is 30.3 Å². The second-order valence-electron chi connectivity index (χ2n) is 11.3. The Hall–Kier alpha value is -3.96. The highest BCUT2D eigenvalue weighted by Gasteiger charge is 2.40. The average Bonchev–Trinajstić information content (AvgIpc) is 3.47. The SMILES string of the molecule is O=C1CN(C(=O)CCC(=O)N2CCC3(CC2)OCCO3)CCCCNC(=O)c2cccc(c2)-c2cc(ccc2O)CCN1. The topological polar surface area (TPSA) is 138 Å². The molecule has 0 aromatic heterocycles. The van der Waals surface area contributed by atoms with Crippen LogP contribution in [0.5, 0.6) is 5.75 Å². The van der Waals surface area contributed by atoms with Gasteiger partial charge in [-0.2, -0.15) is 0 Å². The van der Waals surface area contributed by atoms with Crippen LogP contribution in [0.2, 0.25) is 0 Å². The minimum Gasteiger partial charge on any atom is -0.507 e. The van der Waals surface area contributed by atoms with Gasteiger partial charge < -0.3 is 35.0 Å². The molecule has 2 aromatic carbocycles. The van der Waals surface area contributed by atoms with E-state index in [0.717, 1.165) is 11.1 Å². The van der Waals surface area contributed by atoms with Crippen molar-refractivity contribution in [1.29, 1.82) is 0 Å². The quantitative estimate of drug-likeness (QED) is 0.497. The van der Waals surface area contributed by atoms with E-state index in [9.17, 15) is 24.3 Å². The van der Waals surface area contributed by atoms with Crippen LogP contribution in [0.1, 0.15) is 54.4 Å². The number of carbonyl (C=O) groups excluding carboxylic acids is 4. The molecule has 230 valence electrons. The zero-order chi connectivity index (χ0) is 30.2. The fourth-order valence-electron chi connectivity index (χ4n) is 5.81. The summed E-state index contributed by atoms with van der Waals surface area (Å²) in [6.45, 7) is 3.19. The van der Waals surface area contributed by atoms with Gasteiger partial charge in [-0.05, 0) is 54.7 Å². The second kappa shape index (κ2) is 14.0. The number of aromatic hydroxyl groups is 1. The van der Waals surface area contributed by atoms with Gasteiger partial charge in [0.05, 0.1) is 19.8 Å². The van der Waals surface area contributed by atoms with Gasteiger partial charge in [0.2, 0.25) is 17.7 Å². The number of carbonyl (C=O) groups is 4. The molecule has 3 aliphatic heterocycles. The minimum atomic E-state index is -0.568. The number of phenolic OH excluding ortho intramolecular Hbond substituents is 1. The molecule has 5 rings (SSSR count). The van der Waals surface area contributed by atoms with Crippen LogP contribution in [0, 0.1) is 0 Å². The van der Waals surface area contributed by atoms with Crippen LogP contribution in [-0.4, -0.2) is 96.8 Å². The van der Waals surface area contributed by atoms with Gasteiger partial charge in [-0.3, -0.25) is 19.2 Å². The van der Waals surface area contributed by atoms with Crippen LogP contribution in [0.15, 0.2) is 42.5 Å². The van der Waals surface area contributed by atoms with Gasteiger partial charge in [0.15, 0.2) is 5.79 Å². The summed E-state index contributed by atoms with van der Waals surface area (Å²) in [4.78, 5) is 55.0. The van der Waals surface area contributed by atoms with Crippen molar-refractivity contribution in [2.24, 2.45) is 0 Å². The minimum absolute atomic E-state index is 0.0180. The van der Waals surface area contributed by atoms with E-state index < -0.39 is 5.79 Å². The molecule has 4 bridgehead atoms. The van der Waals surface area contributed by atoms with Crippen molar-refractivity contribution in [2.45, 2.75) is 50.7 Å². The van der Waals surface area contributed by atoms with Crippen molar-refractivity contribution in [1.82, 2.24) is 20.4 Å². The molecule has 1 spiro atoms. The Kier molecular flexibility index (Phi) is 9.93. The number of likely N-dealkylation sites (tertiary alicyclic amines) is 1. The lowest BCUT2D eigenvalue weighted by atomic mass is 9.98. The lowest BCUT2D eigenvalue weighted by Gasteiger charge is -2.37. The molecule has 43 heavy (non-hydrogen) atoms. The van der Waals surface area contributed by atoms with Gasteiger partial charge in [0.25, 0.3) is 5.91 Å². The molecule has 0 atom stereocenters. The number of hydrogen-bond donors (Lipinski definition) is 3.